The minimum absolute atomic E-state index is 0.228. The van der Waals surface area contributed by atoms with Crippen LogP contribution in [0.5, 0.6) is 0 Å². The molecule has 0 saturated heterocycles. The van der Waals surface area contributed by atoms with Gasteiger partial charge in [0.1, 0.15) is 11.5 Å². The molecular formula is C11H10N2O2. The van der Waals surface area contributed by atoms with E-state index in [1.54, 1.807) is 35.0 Å². The number of carboxylic acids is 1. The molecule has 0 spiro atoms. The average Bonchev–Trinajstić information content (AvgIpc) is 2.61. The monoisotopic (exact) mass is 202 g/mol. The Kier molecular flexibility index (Phi) is 2.25. The van der Waals surface area contributed by atoms with Gasteiger partial charge in [0, 0.05) is 11.9 Å². The third-order valence-electron chi connectivity index (χ3n) is 2.17. The number of hydrogen-bond acceptors (Lipinski definition) is 2. The van der Waals surface area contributed by atoms with Gasteiger partial charge in [-0.2, -0.15) is 0 Å². The summed E-state index contributed by atoms with van der Waals surface area (Å²) in [7, 11) is 0. The van der Waals surface area contributed by atoms with E-state index in [1.807, 2.05) is 13.0 Å². The van der Waals surface area contributed by atoms with Crippen LogP contribution in [0.15, 0.2) is 36.5 Å². The summed E-state index contributed by atoms with van der Waals surface area (Å²) in [6, 6.07) is 8.74. The summed E-state index contributed by atoms with van der Waals surface area (Å²) >= 11 is 0. The lowest BCUT2D eigenvalue weighted by Gasteiger charge is -2.07. The third-order valence-corrected chi connectivity index (χ3v) is 2.17. The Bertz CT molecular complexity index is 489. The maximum absolute atomic E-state index is 11.0. The van der Waals surface area contributed by atoms with Crippen LogP contribution in [0.3, 0.4) is 0 Å². The molecule has 0 amide bonds. The summed E-state index contributed by atoms with van der Waals surface area (Å²) in [6.45, 7) is 1.85. The van der Waals surface area contributed by atoms with E-state index in [4.69, 9.17) is 5.11 Å². The number of rotatable bonds is 2. The van der Waals surface area contributed by atoms with E-state index < -0.39 is 5.97 Å². The highest BCUT2D eigenvalue weighted by atomic mass is 16.4. The van der Waals surface area contributed by atoms with Crippen molar-refractivity contribution < 1.29 is 9.90 Å². The Balaban J connectivity index is 2.62. The number of nitrogens with zero attached hydrogens (tertiary/aromatic N) is 2. The first-order valence-corrected chi connectivity index (χ1v) is 4.53. The fourth-order valence-electron chi connectivity index (χ4n) is 1.50. The molecule has 0 radical (unpaired) electrons. The van der Waals surface area contributed by atoms with Gasteiger partial charge in [0.15, 0.2) is 0 Å². The maximum Gasteiger partial charge on any atom is 0.352 e. The van der Waals surface area contributed by atoms with Crippen molar-refractivity contribution in [2.75, 3.05) is 0 Å². The van der Waals surface area contributed by atoms with E-state index in [1.165, 1.54) is 0 Å². The van der Waals surface area contributed by atoms with Gasteiger partial charge in [-0.15, -0.1) is 0 Å². The van der Waals surface area contributed by atoms with Crippen molar-refractivity contribution in [3.8, 4) is 5.82 Å². The van der Waals surface area contributed by atoms with Crippen LogP contribution in [0.4, 0.5) is 0 Å². The molecule has 4 nitrogen and oxygen atoms in total. The summed E-state index contributed by atoms with van der Waals surface area (Å²) in [5, 5.41) is 8.99. The predicted octanol–water partition coefficient (Wildman–Crippen LogP) is 1.88. The molecule has 0 fully saturated rings. The lowest BCUT2D eigenvalue weighted by molar-refractivity contribution is 0.0688. The Morgan fingerprint density at radius 3 is 2.73 bits per heavy atom. The Hall–Kier alpha value is -2.10. The Morgan fingerprint density at radius 1 is 1.33 bits per heavy atom. The van der Waals surface area contributed by atoms with Crippen LogP contribution in [0, 0.1) is 6.92 Å². The fraction of sp³-hybridized carbons (Fsp3) is 0.0909. The minimum atomic E-state index is -0.950. The summed E-state index contributed by atoms with van der Waals surface area (Å²) in [5.41, 5.74) is 1.08. The minimum Gasteiger partial charge on any atom is -0.477 e. The smallest absolute Gasteiger partial charge is 0.352 e. The van der Waals surface area contributed by atoms with E-state index in [-0.39, 0.29) is 5.69 Å². The van der Waals surface area contributed by atoms with E-state index in [9.17, 15) is 4.79 Å². The molecule has 2 rings (SSSR count). The van der Waals surface area contributed by atoms with Crippen molar-refractivity contribution in [3.63, 3.8) is 0 Å². The van der Waals surface area contributed by atoms with Gasteiger partial charge >= 0.3 is 5.97 Å². The van der Waals surface area contributed by atoms with Crippen molar-refractivity contribution in [3.05, 3.63) is 47.9 Å². The molecule has 0 aliphatic rings. The van der Waals surface area contributed by atoms with Gasteiger partial charge in [-0.05, 0) is 31.2 Å². The molecule has 2 aromatic rings. The van der Waals surface area contributed by atoms with Crippen molar-refractivity contribution >= 4 is 5.97 Å². The molecule has 0 aliphatic carbocycles. The topological polar surface area (TPSA) is 55.1 Å². The molecule has 0 bridgehead atoms. The summed E-state index contributed by atoms with van der Waals surface area (Å²) in [6.07, 6.45) is 1.64. The average molecular weight is 202 g/mol. The maximum atomic E-state index is 11.0. The van der Waals surface area contributed by atoms with Gasteiger partial charge in [0.2, 0.25) is 0 Å². The highest BCUT2D eigenvalue weighted by molar-refractivity contribution is 5.86. The molecule has 76 valence electrons. The molecule has 15 heavy (non-hydrogen) atoms. The van der Waals surface area contributed by atoms with E-state index in [0.29, 0.717) is 5.82 Å². The SMILES string of the molecule is Cc1ccc(C(=O)O)n1-c1ccccn1. The zero-order valence-corrected chi connectivity index (χ0v) is 8.21. The third kappa shape index (κ3) is 1.61. The van der Waals surface area contributed by atoms with Crippen molar-refractivity contribution in [2.45, 2.75) is 6.92 Å². The summed E-state index contributed by atoms with van der Waals surface area (Å²) < 4.78 is 1.61. The van der Waals surface area contributed by atoms with Crippen LogP contribution in [0.25, 0.3) is 5.82 Å². The van der Waals surface area contributed by atoms with Crippen LogP contribution < -0.4 is 0 Å². The first-order chi connectivity index (χ1) is 7.20. The molecular weight excluding hydrogens is 192 g/mol. The largest absolute Gasteiger partial charge is 0.477 e. The lowest BCUT2D eigenvalue weighted by Crippen LogP contribution is -2.08. The molecule has 0 aromatic carbocycles. The normalized spacial score (nSPS) is 10.2. The van der Waals surface area contributed by atoms with Gasteiger partial charge in [-0.3, -0.25) is 4.57 Å². The molecule has 0 aliphatic heterocycles. The van der Waals surface area contributed by atoms with Crippen molar-refractivity contribution in [1.82, 2.24) is 9.55 Å². The molecule has 0 atom stereocenters. The van der Waals surface area contributed by atoms with Gasteiger partial charge in [-0.25, -0.2) is 9.78 Å². The molecule has 1 N–H and O–H groups in total. The lowest BCUT2D eigenvalue weighted by atomic mass is 10.4. The van der Waals surface area contributed by atoms with Gasteiger partial charge < -0.3 is 5.11 Å². The summed E-state index contributed by atoms with van der Waals surface area (Å²) in [5.74, 6) is -0.328. The second-order valence-electron chi connectivity index (χ2n) is 3.19. The highest BCUT2D eigenvalue weighted by Crippen LogP contribution is 2.14. The molecule has 0 unspecified atom stereocenters. The standard InChI is InChI=1S/C11H10N2O2/c1-8-5-6-9(11(14)15)13(8)10-4-2-3-7-12-10/h2-7H,1H3,(H,14,15). The Morgan fingerprint density at radius 2 is 2.13 bits per heavy atom. The number of carboxylic acid groups (broad SMARTS) is 1. The number of carbonyl (C=O) groups is 1. The van der Waals surface area contributed by atoms with E-state index in [2.05, 4.69) is 4.98 Å². The second kappa shape index (κ2) is 3.57. The predicted molar refractivity (Wildman–Crippen MR) is 55.3 cm³/mol. The van der Waals surface area contributed by atoms with Crippen LogP contribution >= 0.6 is 0 Å². The second-order valence-corrected chi connectivity index (χ2v) is 3.19. The summed E-state index contributed by atoms with van der Waals surface area (Å²) in [4.78, 5) is 15.1. The van der Waals surface area contributed by atoms with Gasteiger partial charge in [0.25, 0.3) is 0 Å². The molecule has 0 saturated carbocycles. The first-order valence-electron chi connectivity index (χ1n) is 4.53. The van der Waals surface area contributed by atoms with Gasteiger partial charge in [0.05, 0.1) is 0 Å². The van der Waals surface area contributed by atoms with Crippen LogP contribution in [0.1, 0.15) is 16.2 Å². The van der Waals surface area contributed by atoms with Crippen LogP contribution in [0.2, 0.25) is 0 Å². The number of pyridine rings is 1. The first kappa shape index (κ1) is 9.45. The zero-order valence-electron chi connectivity index (χ0n) is 8.21. The molecule has 2 heterocycles. The number of aromatic carboxylic acids is 1. The van der Waals surface area contributed by atoms with Crippen molar-refractivity contribution in [1.29, 1.82) is 0 Å². The number of aromatic nitrogens is 2. The van der Waals surface area contributed by atoms with Crippen LogP contribution in [-0.4, -0.2) is 20.6 Å². The number of hydrogen-bond donors (Lipinski definition) is 1. The van der Waals surface area contributed by atoms with Gasteiger partial charge in [-0.1, -0.05) is 6.07 Å². The highest BCUT2D eigenvalue weighted by Gasteiger charge is 2.13. The van der Waals surface area contributed by atoms with Crippen LogP contribution in [-0.2, 0) is 0 Å². The fourth-order valence-corrected chi connectivity index (χ4v) is 1.50. The van der Waals surface area contributed by atoms with Crippen molar-refractivity contribution in [2.24, 2.45) is 0 Å². The van der Waals surface area contributed by atoms with E-state index >= 15 is 0 Å². The number of aryl methyl sites for hydroxylation is 1. The quantitative estimate of drug-likeness (QED) is 0.808. The zero-order chi connectivity index (χ0) is 10.8. The Labute approximate surface area is 86.8 Å². The molecule has 4 heteroatoms. The van der Waals surface area contributed by atoms with E-state index in [0.717, 1.165) is 5.69 Å². The molecule has 2 aromatic heterocycles.